The number of carbonyl (C=O) groups is 2. The first-order chi connectivity index (χ1) is 11.2. The van der Waals surface area contributed by atoms with E-state index in [9.17, 15) is 9.59 Å². The van der Waals surface area contributed by atoms with Crippen LogP contribution in [0.4, 0.5) is 5.69 Å². The van der Waals surface area contributed by atoms with Crippen molar-refractivity contribution in [2.75, 3.05) is 31.6 Å². The van der Waals surface area contributed by atoms with Crippen LogP contribution in [-0.2, 0) is 20.7 Å². The molecule has 0 bridgehead atoms. The Morgan fingerprint density at radius 2 is 1.87 bits per heavy atom. The molecule has 0 atom stereocenters. The highest BCUT2D eigenvalue weighted by Crippen LogP contribution is 2.32. The van der Waals surface area contributed by atoms with Crippen LogP contribution in [-0.4, -0.2) is 48.8 Å². The van der Waals surface area contributed by atoms with Crippen LogP contribution in [0.25, 0.3) is 0 Å². The molecule has 1 spiro atoms. The highest BCUT2D eigenvalue weighted by atomic mass is 16.7. The average molecular weight is 316 g/mol. The maximum Gasteiger partial charge on any atom is 0.253 e. The van der Waals surface area contributed by atoms with Gasteiger partial charge < -0.3 is 19.7 Å². The smallest absolute Gasteiger partial charge is 0.253 e. The van der Waals surface area contributed by atoms with Crippen molar-refractivity contribution in [3.8, 4) is 0 Å². The number of hydrogen-bond donors (Lipinski definition) is 1. The number of nitrogens with one attached hydrogen (secondary N) is 1. The summed E-state index contributed by atoms with van der Waals surface area (Å²) >= 11 is 0. The van der Waals surface area contributed by atoms with Crippen molar-refractivity contribution in [1.29, 1.82) is 0 Å². The zero-order valence-corrected chi connectivity index (χ0v) is 13.0. The number of ether oxygens (including phenoxy) is 2. The minimum atomic E-state index is -0.461. The zero-order chi connectivity index (χ0) is 15.9. The topological polar surface area (TPSA) is 67.9 Å². The molecule has 2 saturated heterocycles. The second kappa shape index (κ2) is 5.62. The molecular weight excluding hydrogens is 296 g/mol. The number of aryl methyl sites for hydroxylation is 1. The van der Waals surface area contributed by atoms with Gasteiger partial charge in [-0.2, -0.15) is 0 Å². The molecule has 6 heteroatoms. The van der Waals surface area contributed by atoms with Crippen molar-refractivity contribution < 1.29 is 19.1 Å². The quantitative estimate of drug-likeness (QED) is 0.853. The van der Waals surface area contributed by atoms with Gasteiger partial charge in [0.2, 0.25) is 5.91 Å². The summed E-state index contributed by atoms with van der Waals surface area (Å²) in [6, 6.07) is 5.53. The van der Waals surface area contributed by atoms with Gasteiger partial charge in [0, 0.05) is 43.6 Å². The molecule has 2 amide bonds. The number of fused-ring (bicyclic) bond motifs is 1. The van der Waals surface area contributed by atoms with Crippen LogP contribution in [0.2, 0.25) is 0 Å². The van der Waals surface area contributed by atoms with Crippen LogP contribution in [0.5, 0.6) is 0 Å². The van der Waals surface area contributed by atoms with E-state index in [0.29, 0.717) is 44.7 Å². The number of anilines is 1. The van der Waals surface area contributed by atoms with E-state index in [-0.39, 0.29) is 11.8 Å². The van der Waals surface area contributed by atoms with Crippen LogP contribution in [0, 0.1) is 0 Å². The Bertz CT molecular complexity index is 642. The van der Waals surface area contributed by atoms with Gasteiger partial charge in [0.15, 0.2) is 5.79 Å². The molecule has 1 N–H and O–H groups in total. The Hall–Kier alpha value is -1.92. The summed E-state index contributed by atoms with van der Waals surface area (Å²) in [5.74, 6) is -0.385. The summed E-state index contributed by atoms with van der Waals surface area (Å²) in [7, 11) is 0. The van der Waals surface area contributed by atoms with E-state index in [1.165, 1.54) is 0 Å². The molecule has 0 aliphatic carbocycles. The van der Waals surface area contributed by atoms with E-state index in [1.54, 1.807) is 6.07 Å². The molecule has 0 radical (unpaired) electrons. The number of piperidine rings is 1. The van der Waals surface area contributed by atoms with Gasteiger partial charge in [-0.3, -0.25) is 9.59 Å². The first kappa shape index (κ1) is 14.7. The molecule has 6 nitrogen and oxygen atoms in total. The van der Waals surface area contributed by atoms with Gasteiger partial charge in [0.05, 0.1) is 13.2 Å². The number of benzene rings is 1. The third kappa shape index (κ3) is 2.72. The van der Waals surface area contributed by atoms with Gasteiger partial charge in [0.25, 0.3) is 5.91 Å². The summed E-state index contributed by atoms with van der Waals surface area (Å²) in [4.78, 5) is 26.0. The summed E-state index contributed by atoms with van der Waals surface area (Å²) < 4.78 is 11.4. The monoisotopic (exact) mass is 316 g/mol. The van der Waals surface area contributed by atoms with Gasteiger partial charge >= 0.3 is 0 Å². The number of likely N-dealkylation sites (tertiary alicyclic amines) is 1. The highest BCUT2D eigenvalue weighted by Gasteiger charge is 2.40. The first-order valence-electron chi connectivity index (χ1n) is 8.15. The van der Waals surface area contributed by atoms with Gasteiger partial charge in [-0.15, -0.1) is 0 Å². The Morgan fingerprint density at radius 1 is 1.13 bits per heavy atom. The second-order valence-electron chi connectivity index (χ2n) is 6.32. The van der Waals surface area contributed by atoms with Crippen LogP contribution >= 0.6 is 0 Å². The summed E-state index contributed by atoms with van der Waals surface area (Å²) in [5, 5.41) is 2.84. The molecule has 0 aromatic heterocycles. The second-order valence-corrected chi connectivity index (χ2v) is 6.32. The summed E-state index contributed by atoms with van der Waals surface area (Å²) in [5.41, 5.74) is 2.54. The molecular formula is C17H20N2O4. The maximum atomic E-state index is 12.7. The number of carbonyl (C=O) groups excluding carboxylic acids is 2. The lowest BCUT2D eigenvalue weighted by Crippen LogP contribution is -2.47. The van der Waals surface area contributed by atoms with Crippen LogP contribution < -0.4 is 5.32 Å². The third-order valence-electron chi connectivity index (χ3n) is 4.87. The molecule has 3 aliphatic rings. The first-order valence-corrected chi connectivity index (χ1v) is 8.15. The molecule has 23 heavy (non-hydrogen) atoms. The fourth-order valence-corrected chi connectivity index (χ4v) is 3.54. The predicted molar refractivity (Wildman–Crippen MR) is 83.2 cm³/mol. The van der Waals surface area contributed by atoms with Gasteiger partial charge in [-0.1, -0.05) is 0 Å². The minimum Gasteiger partial charge on any atom is -0.347 e. The highest BCUT2D eigenvalue weighted by molar-refractivity contribution is 5.98. The number of rotatable bonds is 1. The van der Waals surface area contributed by atoms with Gasteiger partial charge in [0.1, 0.15) is 0 Å². The van der Waals surface area contributed by atoms with E-state index < -0.39 is 5.79 Å². The van der Waals surface area contributed by atoms with Crippen molar-refractivity contribution in [3.05, 3.63) is 29.3 Å². The van der Waals surface area contributed by atoms with E-state index in [2.05, 4.69) is 5.32 Å². The lowest BCUT2D eigenvalue weighted by molar-refractivity contribution is -0.181. The predicted octanol–water partition coefficient (Wildman–Crippen LogP) is 1.55. The normalized spacial score (nSPS) is 22.8. The Morgan fingerprint density at radius 3 is 2.61 bits per heavy atom. The van der Waals surface area contributed by atoms with Crippen LogP contribution in [0.15, 0.2) is 18.2 Å². The minimum absolute atomic E-state index is 0.0365. The van der Waals surface area contributed by atoms with Crippen molar-refractivity contribution in [2.45, 2.75) is 31.5 Å². The number of hydrogen-bond acceptors (Lipinski definition) is 4. The standard InChI is InChI=1S/C17H20N2O4/c20-15-4-2-12-11-13(1-3-14(12)18-15)16(21)19-7-5-17(6-8-19)22-9-10-23-17/h1,3,11H,2,4-10H2,(H,18,20). The Kier molecular flexibility index (Phi) is 3.58. The summed E-state index contributed by atoms with van der Waals surface area (Å²) in [6.45, 7) is 2.58. The van der Waals surface area contributed by atoms with E-state index in [0.717, 1.165) is 24.1 Å². The third-order valence-corrected chi connectivity index (χ3v) is 4.87. The molecule has 4 rings (SSSR count). The number of amides is 2. The van der Waals surface area contributed by atoms with Gasteiger partial charge in [-0.05, 0) is 30.2 Å². The molecule has 2 fully saturated rings. The zero-order valence-electron chi connectivity index (χ0n) is 13.0. The van der Waals surface area contributed by atoms with Crippen LogP contribution in [0.3, 0.4) is 0 Å². The molecule has 0 saturated carbocycles. The molecule has 3 heterocycles. The molecule has 122 valence electrons. The fraction of sp³-hybridized carbons (Fsp3) is 0.529. The lowest BCUT2D eigenvalue weighted by Gasteiger charge is -2.37. The van der Waals surface area contributed by atoms with E-state index >= 15 is 0 Å². The SMILES string of the molecule is O=C1CCc2cc(C(=O)N3CCC4(CC3)OCCO4)ccc2N1. The molecule has 0 unspecified atom stereocenters. The van der Waals surface area contributed by atoms with Crippen molar-refractivity contribution in [1.82, 2.24) is 4.90 Å². The Balaban J connectivity index is 1.46. The van der Waals surface area contributed by atoms with E-state index in [1.807, 2.05) is 17.0 Å². The van der Waals surface area contributed by atoms with E-state index in [4.69, 9.17) is 9.47 Å². The molecule has 1 aromatic rings. The maximum absolute atomic E-state index is 12.7. The fourth-order valence-electron chi connectivity index (χ4n) is 3.54. The Labute approximate surface area is 134 Å². The average Bonchev–Trinajstić information content (AvgIpc) is 3.02. The van der Waals surface area contributed by atoms with Gasteiger partial charge in [-0.25, -0.2) is 0 Å². The largest absolute Gasteiger partial charge is 0.347 e. The van der Waals surface area contributed by atoms with Crippen LogP contribution in [0.1, 0.15) is 35.2 Å². The van der Waals surface area contributed by atoms with Crippen molar-refractivity contribution in [2.24, 2.45) is 0 Å². The molecule has 3 aliphatic heterocycles. The lowest BCUT2D eigenvalue weighted by atomic mass is 9.98. The van der Waals surface area contributed by atoms with Crippen molar-refractivity contribution in [3.63, 3.8) is 0 Å². The molecule has 1 aromatic carbocycles. The van der Waals surface area contributed by atoms with Crippen molar-refractivity contribution >= 4 is 17.5 Å². The summed E-state index contributed by atoms with van der Waals surface area (Å²) in [6.07, 6.45) is 2.61. The number of nitrogens with zero attached hydrogens (tertiary/aromatic N) is 1.